The lowest BCUT2D eigenvalue weighted by Crippen LogP contribution is -2.35. The van der Waals surface area contributed by atoms with Crippen LogP contribution in [0.3, 0.4) is 0 Å². The van der Waals surface area contributed by atoms with E-state index in [1.807, 2.05) is 12.3 Å². The average molecular weight is 452 g/mol. The molecule has 176 valence electrons. The Morgan fingerprint density at radius 1 is 1.18 bits per heavy atom. The molecule has 1 fully saturated rings. The Morgan fingerprint density at radius 2 is 1.97 bits per heavy atom. The largest absolute Gasteiger partial charge is 0.497 e. The Balaban J connectivity index is 1.33. The quantitative estimate of drug-likeness (QED) is 0.477. The molecule has 2 aromatic heterocycles. The number of hydrogen-bond donors (Lipinski definition) is 1. The molecule has 1 aliphatic heterocycles. The lowest BCUT2D eigenvalue weighted by molar-refractivity contribution is 0.0695. The third-order valence-electron chi connectivity index (χ3n) is 6.48. The summed E-state index contributed by atoms with van der Waals surface area (Å²) in [6.45, 7) is 6.61. The lowest BCUT2D eigenvalue weighted by atomic mass is 9.89. The summed E-state index contributed by atoms with van der Waals surface area (Å²) in [5.74, 6) is 0.563. The number of piperidine rings is 1. The third-order valence-corrected chi connectivity index (χ3v) is 6.48. The first-order valence-electron chi connectivity index (χ1n) is 11.8. The van der Waals surface area contributed by atoms with E-state index in [2.05, 4.69) is 33.6 Å². The second-order valence-corrected chi connectivity index (χ2v) is 8.67. The van der Waals surface area contributed by atoms with Crippen molar-refractivity contribution in [3.05, 3.63) is 53.9 Å². The van der Waals surface area contributed by atoms with Crippen LogP contribution < -0.4 is 9.47 Å². The van der Waals surface area contributed by atoms with Crippen molar-refractivity contribution in [2.75, 3.05) is 33.4 Å². The predicted molar refractivity (Wildman–Crippen MR) is 129 cm³/mol. The van der Waals surface area contributed by atoms with Gasteiger partial charge in [-0.15, -0.1) is 0 Å². The summed E-state index contributed by atoms with van der Waals surface area (Å²) in [5, 5.41) is 10.6. The second-order valence-electron chi connectivity index (χ2n) is 8.67. The maximum atomic E-state index is 11.3. The molecule has 1 N–H and O–H groups in total. The molecule has 0 atom stereocenters. The summed E-state index contributed by atoms with van der Waals surface area (Å²) >= 11 is 0. The van der Waals surface area contributed by atoms with Crippen LogP contribution in [0, 0.1) is 0 Å². The Kier molecular flexibility index (Phi) is 7.50. The van der Waals surface area contributed by atoms with E-state index < -0.39 is 5.97 Å². The molecule has 33 heavy (non-hydrogen) atoms. The minimum Gasteiger partial charge on any atom is -0.497 e. The van der Waals surface area contributed by atoms with Gasteiger partial charge in [-0.2, -0.15) is 0 Å². The van der Waals surface area contributed by atoms with Crippen molar-refractivity contribution in [3.63, 3.8) is 0 Å². The van der Waals surface area contributed by atoms with Gasteiger partial charge in [-0.1, -0.05) is 13.3 Å². The number of methoxy groups -OCH3 is 1. The van der Waals surface area contributed by atoms with Gasteiger partial charge in [0, 0.05) is 36.9 Å². The summed E-state index contributed by atoms with van der Waals surface area (Å²) in [6, 6.07) is 9.01. The summed E-state index contributed by atoms with van der Waals surface area (Å²) in [4.78, 5) is 18.4. The molecule has 3 aromatic rings. The van der Waals surface area contributed by atoms with Crippen molar-refractivity contribution in [2.24, 2.45) is 0 Å². The van der Waals surface area contributed by atoms with Gasteiger partial charge in [-0.05, 0) is 68.1 Å². The van der Waals surface area contributed by atoms with Crippen LogP contribution in [0.15, 0.2) is 42.7 Å². The maximum absolute atomic E-state index is 11.3. The van der Waals surface area contributed by atoms with Gasteiger partial charge in [0.15, 0.2) is 0 Å². The number of ether oxygens (including phenoxy) is 2. The molecule has 7 heteroatoms. The van der Waals surface area contributed by atoms with E-state index >= 15 is 0 Å². The minimum atomic E-state index is -0.993. The number of pyridine rings is 1. The standard InChI is InChI=1S/C26H33N3O4/c1-3-4-10-29-18-24(23-6-5-9-27-25(23)29)19-7-11-28(12-8-19)13-14-33-22-16-20(26(30)31)15-21(17-22)32-2/h5-6,9,15-19H,3-4,7-8,10-14H2,1-2H3,(H,30,31). The number of carboxylic acid groups (broad SMARTS) is 1. The number of nitrogens with zero attached hydrogens (tertiary/aromatic N) is 3. The number of fused-ring (bicyclic) bond motifs is 1. The molecule has 4 rings (SSSR count). The summed E-state index contributed by atoms with van der Waals surface area (Å²) in [7, 11) is 1.52. The van der Waals surface area contributed by atoms with Gasteiger partial charge < -0.3 is 19.1 Å². The average Bonchev–Trinajstić information content (AvgIpc) is 3.21. The Labute approximate surface area is 194 Å². The fraction of sp³-hybridized carbons (Fsp3) is 0.462. The van der Waals surface area contributed by atoms with Crippen LogP contribution in [0.4, 0.5) is 0 Å². The zero-order chi connectivity index (χ0) is 23.2. The highest BCUT2D eigenvalue weighted by Crippen LogP contribution is 2.34. The van der Waals surface area contributed by atoms with E-state index in [1.54, 1.807) is 12.1 Å². The SMILES string of the molecule is CCCCn1cc(C2CCN(CCOc3cc(OC)cc(C(=O)O)c3)CC2)c2cccnc21. The van der Waals surface area contributed by atoms with Crippen LogP contribution in [-0.4, -0.2) is 58.9 Å². The van der Waals surface area contributed by atoms with E-state index in [4.69, 9.17) is 9.47 Å². The van der Waals surface area contributed by atoms with Gasteiger partial charge in [-0.25, -0.2) is 9.78 Å². The Bertz CT molecular complexity index is 1090. The fourth-order valence-electron chi connectivity index (χ4n) is 4.63. The van der Waals surface area contributed by atoms with Crippen LogP contribution in [0.1, 0.15) is 54.4 Å². The highest BCUT2D eigenvalue weighted by molar-refractivity contribution is 5.88. The number of aromatic nitrogens is 2. The van der Waals surface area contributed by atoms with Crippen molar-refractivity contribution in [3.8, 4) is 11.5 Å². The topological polar surface area (TPSA) is 76.8 Å². The van der Waals surface area contributed by atoms with E-state index in [9.17, 15) is 9.90 Å². The van der Waals surface area contributed by atoms with E-state index in [0.717, 1.165) is 44.7 Å². The third kappa shape index (κ3) is 5.47. The number of carbonyl (C=O) groups is 1. The highest BCUT2D eigenvalue weighted by atomic mass is 16.5. The van der Waals surface area contributed by atoms with Crippen LogP contribution in [-0.2, 0) is 6.54 Å². The molecule has 1 aliphatic rings. The predicted octanol–water partition coefficient (Wildman–Crippen LogP) is 4.80. The van der Waals surface area contributed by atoms with Gasteiger partial charge in [-0.3, -0.25) is 4.90 Å². The van der Waals surface area contributed by atoms with Crippen molar-refractivity contribution in [2.45, 2.75) is 45.1 Å². The van der Waals surface area contributed by atoms with Crippen LogP contribution in [0.2, 0.25) is 0 Å². The molecule has 1 aromatic carbocycles. The van der Waals surface area contributed by atoms with Gasteiger partial charge in [0.1, 0.15) is 23.8 Å². The van der Waals surface area contributed by atoms with E-state index in [-0.39, 0.29) is 5.56 Å². The maximum Gasteiger partial charge on any atom is 0.335 e. The number of carboxylic acids is 1. The van der Waals surface area contributed by atoms with Crippen molar-refractivity contribution in [1.29, 1.82) is 0 Å². The first-order valence-corrected chi connectivity index (χ1v) is 11.8. The number of unbranched alkanes of at least 4 members (excludes halogenated alkanes) is 1. The van der Waals surface area contributed by atoms with Gasteiger partial charge in [0.2, 0.25) is 0 Å². The molecule has 3 heterocycles. The lowest BCUT2D eigenvalue weighted by Gasteiger charge is -2.31. The Hall–Kier alpha value is -3.06. The zero-order valence-corrected chi connectivity index (χ0v) is 19.5. The van der Waals surface area contributed by atoms with E-state index in [0.29, 0.717) is 24.0 Å². The Morgan fingerprint density at radius 3 is 2.70 bits per heavy atom. The monoisotopic (exact) mass is 451 g/mol. The summed E-state index contributed by atoms with van der Waals surface area (Å²) in [6.07, 6.45) is 8.79. The van der Waals surface area contributed by atoms with Crippen LogP contribution in [0.5, 0.6) is 11.5 Å². The molecule has 0 spiro atoms. The number of rotatable bonds is 10. The first kappa shape index (κ1) is 23.1. The fourth-order valence-corrected chi connectivity index (χ4v) is 4.63. The van der Waals surface area contributed by atoms with Crippen LogP contribution >= 0.6 is 0 Å². The molecular weight excluding hydrogens is 418 g/mol. The molecule has 0 saturated carbocycles. The van der Waals surface area contributed by atoms with Crippen molar-refractivity contribution in [1.82, 2.24) is 14.5 Å². The van der Waals surface area contributed by atoms with Crippen LogP contribution in [0.25, 0.3) is 11.0 Å². The number of aromatic carboxylic acids is 1. The summed E-state index contributed by atoms with van der Waals surface area (Å²) < 4.78 is 13.4. The normalized spacial score (nSPS) is 15.1. The first-order chi connectivity index (χ1) is 16.1. The number of hydrogen-bond acceptors (Lipinski definition) is 5. The molecule has 0 unspecified atom stereocenters. The molecule has 0 aliphatic carbocycles. The van der Waals surface area contributed by atoms with Gasteiger partial charge >= 0.3 is 5.97 Å². The van der Waals surface area contributed by atoms with E-state index in [1.165, 1.54) is 37.0 Å². The van der Waals surface area contributed by atoms with Crippen molar-refractivity contribution >= 4 is 17.0 Å². The highest BCUT2D eigenvalue weighted by Gasteiger charge is 2.24. The minimum absolute atomic E-state index is 0.165. The number of aryl methyl sites for hydroxylation is 1. The molecule has 0 amide bonds. The second kappa shape index (κ2) is 10.7. The number of benzene rings is 1. The smallest absolute Gasteiger partial charge is 0.335 e. The number of likely N-dealkylation sites (tertiary alicyclic amines) is 1. The summed E-state index contributed by atoms with van der Waals surface area (Å²) in [5.41, 5.74) is 2.70. The molecule has 0 radical (unpaired) electrons. The molecule has 1 saturated heterocycles. The van der Waals surface area contributed by atoms with Crippen molar-refractivity contribution < 1.29 is 19.4 Å². The molecule has 0 bridgehead atoms. The zero-order valence-electron chi connectivity index (χ0n) is 19.5. The van der Waals surface area contributed by atoms with Gasteiger partial charge in [0.25, 0.3) is 0 Å². The molecular formula is C26H33N3O4. The van der Waals surface area contributed by atoms with Gasteiger partial charge in [0.05, 0.1) is 12.7 Å². The molecule has 7 nitrogen and oxygen atoms in total.